The van der Waals surface area contributed by atoms with Crippen LogP contribution in [0.4, 0.5) is 5.69 Å². The number of aliphatic hydroxyl groups is 1. The van der Waals surface area contributed by atoms with Gasteiger partial charge >= 0.3 is 0 Å². The summed E-state index contributed by atoms with van der Waals surface area (Å²) in [6.07, 6.45) is -1.46. The van der Waals surface area contributed by atoms with Gasteiger partial charge in [-0.2, -0.15) is 0 Å². The molecule has 1 aliphatic rings. The number of rotatable bonds is 10. The lowest BCUT2D eigenvalue weighted by atomic mass is 9.96. The first-order valence-electron chi connectivity index (χ1n) is 14.6. The highest BCUT2D eigenvalue weighted by molar-refractivity contribution is 8.00. The number of aliphatic hydroxyl groups excluding tert-OH is 1. The summed E-state index contributed by atoms with van der Waals surface area (Å²) in [7, 11) is 1.57. The van der Waals surface area contributed by atoms with Gasteiger partial charge in [0.15, 0.2) is 6.10 Å². The summed E-state index contributed by atoms with van der Waals surface area (Å²) in [6, 6.07) is 16.4. The molecule has 44 heavy (non-hydrogen) atoms. The second-order valence-corrected chi connectivity index (χ2v) is 13.4. The third-order valence-electron chi connectivity index (χ3n) is 8.35. The maximum absolute atomic E-state index is 14.0. The first-order chi connectivity index (χ1) is 20.8. The maximum Gasteiger partial charge on any atom is 0.254 e. The van der Waals surface area contributed by atoms with Gasteiger partial charge < -0.3 is 31.1 Å². The molecule has 0 aromatic heterocycles. The lowest BCUT2D eigenvalue weighted by molar-refractivity contribution is -0.147. The van der Waals surface area contributed by atoms with Gasteiger partial charge in [-0.3, -0.25) is 14.4 Å². The Hall–Kier alpha value is -4.02. The molecule has 1 fully saturated rings. The van der Waals surface area contributed by atoms with Gasteiger partial charge in [-0.25, -0.2) is 0 Å². The monoisotopic (exact) mass is 618 g/mol. The van der Waals surface area contributed by atoms with Crippen molar-refractivity contribution in [1.29, 1.82) is 0 Å². The molecular weight excluding hydrogens is 576 g/mol. The van der Waals surface area contributed by atoms with Gasteiger partial charge in [0, 0.05) is 22.5 Å². The van der Waals surface area contributed by atoms with Crippen LogP contribution in [-0.2, 0) is 22.6 Å². The minimum absolute atomic E-state index is 0.164. The van der Waals surface area contributed by atoms with E-state index in [4.69, 9.17) is 10.5 Å². The summed E-state index contributed by atoms with van der Waals surface area (Å²) in [5, 5.41) is 17.5. The summed E-state index contributed by atoms with van der Waals surface area (Å²) in [4.78, 5) is 42.5. The number of ether oxygens (including phenoxy) is 1. The Labute approximate surface area is 263 Å². The minimum Gasteiger partial charge on any atom is -0.497 e. The Balaban J connectivity index is 1.58. The van der Waals surface area contributed by atoms with Crippen molar-refractivity contribution < 1.29 is 24.2 Å². The van der Waals surface area contributed by atoms with Gasteiger partial charge in [0.25, 0.3) is 11.8 Å². The second-order valence-electron chi connectivity index (χ2n) is 11.8. The number of thioether (sulfide) groups is 1. The van der Waals surface area contributed by atoms with Crippen LogP contribution in [-0.4, -0.2) is 63.6 Å². The fraction of sp³-hybridized carbons (Fsp3) is 0.382. The molecule has 3 aromatic carbocycles. The van der Waals surface area contributed by atoms with E-state index in [9.17, 15) is 19.5 Å². The molecule has 1 aliphatic heterocycles. The quantitative estimate of drug-likeness (QED) is 0.253. The zero-order chi connectivity index (χ0) is 32.2. The minimum atomic E-state index is -1.62. The van der Waals surface area contributed by atoms with E-state index >= 15 is 0 Å². The molecule has 0 unspecified atom stereocenters. The van der Waals surface area contributed by atoms with Crippen molar-refractivity contribution in [1.82, 2.24) is 15.5 Å². The highest BCUT2D eigenvalue weighted by atomic mass is 32.2. The molecule has 0 saturated carbocycles. The maximum atomic E-state index is 14.0. The number of carbonyl (C=O) groups is 3. The van der Waals surface area contributed by atoms with Gasteiger partial charge in [0.2, 0.25) is 5.91 Å². The fourth-order valence-electron chi connectivity index (χ4n) is 5.56. The smallest absolute Gasteiger partial charge is 0.254 e. The zero-order valence-electron chi connectivity index (χ0n) is 26.1. The first-order valence-corrected chi connectivity index (χ1v) is 15.6. The van der Waals surface area contributed by atoms with Crippen molar-refractivity contribution in [3.8, 4) is 5.75 Å². The number of nitrogens with two attached hydrogens (primary N) is 1. The van der Waals surface area contributed by atoms with Crippen LogP contribution >= 0.6 is 11.8 Å². The topological polar surface area (TPSA) is 134 Å². The predicted molar refractivity (Wildman–Crippen MR) is 174 cm³/mol. The molecule has 0 bridgehead atoms. The molecule has 5 N–H and O–H groups in total. The number of benzene rings is 3. The lowest BCUT2D eigenvalue weighted by Gasteiger charge is -2.33. The van der Waals surface area contributed by atoms with Crippen molar-refractivity contribution in [3.63, 3.8) is 0 Å². The Morgan fingerprint density at radius 1 is 1.05 bits per heavy atom. The van der Waals surface area contributed by atoms with Crippen molar-refractivity contribution in [2.24, 2.45) is 0 Å². The number of aryl methyl sites for hydroxylation is 2. The van der Waals surface area contributed by atoms with E-state index in [1.807, 2.05) is 58.0 Å². The van der Waals surface area contributed by atoms with E-state index in [1.54, 1.807) is 44.4 Å². The summed E-state index contributed by atoms with van der Waals surface area (Å²) >= 11 is 1.47. The highest BCUT2D eigenvalue weighted by Gasteiger charge is 2.49. The number of amides is 3. The second kappa shape index (κ2) is 13.7. The van der Waals surface area contributed by atoms with Gasteiger partial charge in [-0.05, 0) is 93.1 Å². The molecule has 3 amide bonds. The largest absolute Gasteiger partial charge is 0.497 e. The van der Waals surface area contributed by atoms with E-state index in [1.165, 1.54) is 16.7 Å². The normalized spacial score (nSPS) is 17.1. The fourth-order valence-corrected chi connectivity index (χ4v) is 6.70. The Morgan fingerprint density at radius 2 is 1.68 bits per heavy atom. The van der Waals surface area contributed by atoms with Crippen LogP contribution in [0.2, 0.25) is 0 Å². The number of methoxy groups -OCH3 is 1. The molecule has 0 spiro atoms. The third-order valence-corrected chi connectivity index (χ3v) is 9.72. The van der Waals surface area contributed by atoms with Crippen LogP contribution in [0, 0.1) is 20.8 Å². The molecule has 1 heterocycles. The number of carbonyl (C=O) groups excluding carboxylic acids is 3. The molecule has 4 rings (SSSR count). The number of hydrogen-bond acceptors (Lipinski definition) is 7. The third kappa shape index (κ3) is 7.19. The van der Waals surface area contributed by atoms with Crippen LogP contribution in [0.25, 0.3) is 0 Å². The van der Waals surface area contributed by atoms with E-state index in [0.717, 1.165) is 22.3 Å². The van der Waals surface area contributed by atoms with Crippen molar-refractivity contribution in [3.05, 3.63) is 94.0 Å². The SMILES string of the molecule is COc1ccc(C[C@H](NC(=O)c2cccc(N)c2C)[C@H](O)C(=O)N2CSC(C)(C)[C@H]2C(=O)NCc2c(C)cccc2C)cc1. The van der Waals surface area contributed by atoms with Gasteiger partial charge in [-0.1, -0.05) is 36.4 Å². The van der Waals surface area contributed by atoms with Gasteiger partial charge in [0.05, 0.1) is 19.0 Å². The molecule has 234 valence electrons. The number of nitrogens with one attached hydrogen (secondary N) is 2. The van der Waals surface area contributed by atoms with Crippen molar-refractivity contribution in [2.75, 3.05) is 18.7 Å². The predicted octanol–water partition coefficient (Wildman–Crippen LogP) is 3.90. The summed E-state index contributed by atoms with van der Waals surface area (Å²) in [5.41, 5.74) is 11.4. The number of anilines is 1. The average molecular weight is 619 g/mol. The molecule has 3 aromatic rings. The molecule has 0 aliphatic carbocycles. The summed E-state index contributed by atoms with van der Waals surface area (Å²) in [5.74, 6) is -0.499. The Morgan fingerprint density at radius 3 is 2.32 bits per heavy atom. The van der Waals surface area contributed by atoms with Crippen LogP contribution in [0.3, 0.4) is 0 Å². The molecule has 1 saturated heterocycles. The molecule has 10 heteroatoms. The average Bonchev–Trinajstić information content (AvgIpc) is 3.32. The highest BCUT2D eigenvalue weighted by Crippen LogP contribution is 2.40. The zero-order valence-corrected chi connectivity index (χ0v) is 27.0. The molecule has 0 radical (unpaired) electrons. The van der Waals surface area contributed by atoms with E-state index in [2.05, 4.69) is 10.6 Å². The standard InChI is InChI=1S/C34H42N4O5S/c1-20-9-7-10-21(2)26(20)18-36-32(41)30-34(4,5)44-19-38(30)33(42)29(39)28(17-23-13-15-24(43-6)16-14-23)37-31(40)25-11-8-12-27(35)22(25)3/h7-16,28-30,39H,17-19,35H2,1-6H3,(H,36,41)(H,37,40)/t28-,29-,30+/m0/s1. The lowest BCUT2D eigenvalue weighted by Crippen LogP contribution is -2.58. The molecular formula is C34H42N4O5S. The van der Waals surface area contributed by atoms with Crippen LogP contribution in [0.1, 0.15) is 52.0 Å². The summed E-state index contributed by atoms with van der Waals surface area (Å²) < 4.78 is 4.65. The van der Waals surface area contributed by atoms with Crippen LogP contribution in [0.15, 0.2) is 60.7 Å². The van der Waals surface area contributed by atoms with Crippen molar-refractivity contribution in [2.45, 2.75) is 70.5 Å². The van der Waals surface area contributed by atoms with E-state index in [-0.39, 0.29) is 18.2 Å². The Kier molecular flexibility index (Phi) is 10.3. The van der Waals surface area contributed by atoms with Crippen LogP contribution in [0.5, 0.6) is 5.75 Å². The van der Waals surface area contributed by atoms with Gasteiger partial charge in [0.1, 0.15) is 11.8 Å². The number of nitrogens with zero attached hydrogens (tertiary/aromatic N) is 1. The number of hydrogen-bond donors (Lipinski definition) is 4. The van der Waals surface area contributed by atoms with Gasteiger partial charge in [-0.15, -0.1) is 11.8 Å². The summed E-state index contributed by atoms with van der Waals surface area (Å²) in [6.45, 7) is 9.90. The van der Waals surface area contributed by atoms with E-state index < -0.39 is 34.7 Å². The van der Waals surface area contributed by atoms with Crippen molar-refractivity contribution >= 4 is 35.2 Å². The molecule has 3 atom stereocenters. The Bertz CT molecular complexity index is 1500. The first kappa shape index (κ1) is 32.9. The van der Waals surface area contributed by atoms with E-state index in [0.29, 0.717) is 29.1 Å². The molecule has 9 nitrogen and oxygen atoms in total. The number of nitrogen functional groups attached to an aromatic ring is 1. The van der Waals surface area contributed by atoms with Crippen LogP contribution < -0.4 is 21.1 Å².